The van der Waals surface area contributed by atoms with Crippen LogP contribution in [0.2, 0.25) is 0 Å². The first-order valence-electron chi connectivity index (χ1n) is 10.4. The summed E-state index contributed by atoms with van der Waals surface area (Å²) in [4.78, 5) is 28.5. The van der Waals surface area contributed by atoms with Gasteiger partial charge in [0.15, 0.2) is 0 Å². The summed E-state index contributed by atoms with van der Waals surface area (Å²) in [7, 11) is 3.55. The van der Waals surface area contributed by atoms with E-state index in [1.165, 1.54) is 11.1 Å². The third-order valence-corrected chi connectivity index (χ3v) is 5.88. The molecule has 1 aromatic heterocycles. The van der Waals surface area contributed by atoms with Crippen molar-refractivity contribution in [2.45, 2.75) is 45.3 Å². The lowest BCUT2D eigenvalue weighted by Crippen LogP contribution is -2.38. The number of nitrogens with one attached hydrogen (secondary N) is 1. The number of hydrogen-bond acceptors (Lipinski definition) is 3. The second kappa shape index (κ2) is 8.27. The van der Waals surface area contributed by atoms with Crippen LogP contribution in [-0.4, -0.2) is 52.2 Å². The van der Waals surface area contributed by atoms with E-state index in [1.54, 1.807) is 19.0 Å². The summed E-state index contributed by atoms with van der Waals surface area (Å²) >= 11 is 0. The predicted octanol–water partition coefficient (Wildman–Crippen LogP) is 2.19. The molecule has 2 aliphatic rings. The van der Waals surface area contributed by atoms with Gasteiger partial charge in [0.1, 0.15) is 0 Å². The molecule has 0 radical (unpaired) electrons. The molecule has 1 atom stereocenters. The van der Waals surface area contributed by atoms with Crippen LogP contribution >= 0.6 is 0 Å². The first kappa shape index (κ1) is 19.5. The van der Waals surface area contributed by atoms with Crippen molar-refractivity contribution in [2.75, 3.05) is 20.6 Å². The van der Waals surface area contributed by atoms with E-state index in [0.29, 0.717) is 13.1 Å². The number of urea groups is 1. The number of amides is 3. The molecular weight excluding hydrogens is 366 g/mol. The Hall–Kier alpha value is -2.83. The van der Waals surface area contributed by atoms with E-state index in [0.717, 1.165) is 50.2 Å². The summed E-state index contributed by atoms with van der Waals surface area (Å²) in [5, 5.41) is 7.73. The largest absolute Gasteiger partial charge is 0.350 e. The van der Waals surface area contributed by atoms with Crippen molar-refractivity contribution in [1.82, 2.24) is 24.9 Å². The zero-order valence-corrected chi connectivity index (χ0v) is 17.2. The fourth-order valence-electron chi connectivity index (χ4n) is 4.30. The van der Waals surface area contributed by atoms with Gasteiger partial charge >= 0.3 is 6.03 Å². The zero-order chi connectivity index (χ0) is 20.4. The normalized spacial score (nSPS) is 18.4. The first-order valence-corrected chi connectivity index (χ1v) is 10.4. The molecule has 1 aliphatic carbocycles. The lowest BCUT2D eigenvalue weighted by atomic mass is 9.83. The molecule has 4 rings (SSSR count). The molecule has 7 nitrogen and oxygen atoms in total. The lowest BCUT2D eigenvalue weighted by molar-refractivity contribution is -0.125. The van der Waals surface area contributed by atoms with Crippen molar-refractivity contribution >= 4 is 11.9 Å². The second-order valence-corrected chi connectivity index (χ2v) is 8.23. The Labute approximate surface area is 171 Å². The highest BCUT2D eigenvalue weighted by molar-refractivity contribution is 5.79. The van der Waals surface area contributed by atoms with Crippen LogP contribution in [0.5, 0.6) is 0 Å². The standard InChI is InChI=1S/C22H29N5O2/c1-25(2)22(29)26-10-5-11-27-20(15-26)13-19(24-27)14-23-21(28)18-9-8-16-6-3-4-7-17(16)12-18/h3-4,6-7,13,18H,5,8-12,14-15H2,1-2H3,(H,23,28)/t18-/m0/s1. The van der Waals surface area contributed by atoms with Crippen molar-refractivity contribution < 1.29 is 9.59 Å². The van der Waals surface area contributed by atoms with E-state index in [1.807, 2.05) is 21.7 Å². The van der Waals surface area contributed by atoms with Crippen LogP contribution in [0, 0.1) is 5.92 Å². The van der Waals surface area contributed by atoms with Crippen molar-refractivity contribution in [2.24, 2.45) is 5.92 Å². The molecule has 7 heteroatoms. The lowest BCUT2D eigenvalue weighted by Gasteiger charge is -2.24. The SMILES string of the molecule is CN(C)C(=O)N1CCCn2nc(CNC(=O)[C@H]3CCc4ccccc4C3)cc2C1. The van der Waals surface area contributed by atoms with E-state index in [-0.39, 0.29) is 17.9 Å². The molecule has 29 heavy (non-hydrogen) atoms. The predicted molar refractivity (Wildman–Crippen MR) is 110 cm³/mol. The summed E-state index contributed by atoms with van der Waals surface area (Å²) in [5.74, 6) is 0.130. The minimum atomic E-state index is 0.0204. The van der Waals surface area contributed by atoms with Crippen LogP contribution in [0.3, 0.4) is 0 Å². The highest BCUT2D eigenvalue weighted by Crippen LogP contribution is 2.25. The number of carbonyl (C=O) groups is 2. The summed E-state index contributed by atoms with van der Waals surface area (Å²) in [6, 6.07) is 10.4. The Balaban J connectivity index is 1.36. The second-order valence-electron chi connectivity index (χ2n) is 8.23. The zero-order valence-electron chi connectivity index (χ0n) is 17.2. The van der Waals surface area contributed by atoms with E-state index in [9.17, 15) is 9.59 Å². The Morgan fingerprint density at radius 3 is 2.79 bits per heavy atom. The molecule has 0 saturated heterocycles. The van der Waals surface area contributed by atoms with Gasteiger partial charge in [-0.05, 0) is 42.9 Å². The van der Waals surface area contributed by atoms with Crippen LogP contribution in [0.4, 0.5) is 4.79 Å². The summed E-state index contributed by atoms with van der Waals surface area (Å²) in [6.07, 6.45) is 3.54. The minimum absolute atomic E-state index is 0.0204. The van der Waals surface area contributed by atoms with E-state index >= 15 is 0 Å². The van der Waals surface area contributed by atoms with Crippen LogP contribution in [0.1, 0.15) is 35.4 Å². The van der Waals surface area contributed by atoms with Crippen LogP contribution in [0.15, 0.2) is 30.3 Å². The maximum Gasteiger partial charge on any atom is 0.319 e. The smallest absolute Gasteiger partial charge is 0.319 e. The number of fused-ring (bicyclic) bond motifs is 2. The quantitative estimate of drug-likeness (QED) is 0.866. The molecule has 2 heterocycles. The number of rotatable bonds is 3. The fraction of sp³-hybridized carbons (Fsp3) is 0.500. The molecule has 1 aliphatic heterocycles. The third-order valence-electron chi connectivity index (χ3n) is 5.88. The van der Waals surface area contributed by atoms with Crippen molar-refractivity contribution in [3.63, 3.8) is 0 Å². The summed E-state index contributed by atoms with van der Waals surface area (Å²) < 4.78 is 1.97. The fourth-order valence-corrected chi connectivity index (χ4v) is 4.30. The van der Waals surface area contributed by atoms with E-state index in [4.69, 9.17) is 0 Å². The average molecular weight is 396 g/mol. The van der Waals surface area contributed by atoms with Crippen molar-refractivity contribution in [3.8, 4) is 0 Å². The minimum Gasteiger partial charge on any atom is -0.350 e. The maximum atomic E-state index is 12.7. The highest BCUT2D eigenvalue weighted by Gasteiger charge is 2.25. The molecule has 3 amide bonds. The van der Waals surface area contributed by atoms with Crippen LogP contribution in [0.25, 0.3) is 0 Å². The van der Waals surface area contributed by atoms with Gasteiger partial charge in [-0.2, -0.15) is 5.10 Å². The van der Waals surface area contributed by atoms with Gasteiger partial charge < -0.3 is 15.1 Å². The molecule has 0 spiro atoms. The molecule has 2 aromatic rings. The Morgan fingerprint density at radius 1 is 1.21 bits per heavy atom. The van der Waals surface area contributed by atoms with E-state index in [2.05, 4.69) is 28.6 Å². The van der Waals surface area contributed by atoms with Gasteiger partial charge in [-0.15, -0.1) is 0 Å². The topological polar surface area (TPSA) is 70.5 Å². The van der Waals surface area contributed by atoms with Gasteiger partial charge in [-0.1, -0.05) is 24.3 Å². The monoisotopic (exact) mass is 395 g/mol. The molecular formula is C22H29N5O2. The Bertz CT molecular complexity index is 904. The third kappa shape index (κ3) is 4.28. The first-order chi connectivity index (χ1) is 14.0. The molecule has 0 unspecified atom stereocenters. The van der Waals surface area contributed by atoms with Crippen molar-refractivity contribution in [1.29, 1.82) is 0 Å². The highest BCUT2D eigenvalue weighted by atomic mass is 16.2. The van der Waals surface area contributed by atoms with Gasteiger partial charge in [0.25, 0.3) is 0 Å². The average Bonchev–Trinajstić information content (AvgIpc) is 3.01. The molecule has 0 saturated carbocycles. The molecule has 154 valence electrons. The van der Waals surface area contributed by atoms with Gasteiger partial charge in [0.2, 0.25) is 5.91 Å². The van der Waals surface area contributed by atoms with Crippen LogP contribution in [-0.2, 0) is 37.3 Å². The Kier molecular flexibility index (Phi) is 5.56. The summed E-state index contributed by atoms with van der Waals surface area (Å²) in [6.45, 7) is 2.51. The molecule has 0 bridgehead atoms. The number of aromatic nitrogens is 2. The van der Waals surface area contributed by atoms with Gasteiger partial charge in [0.05, 0.1) is 24.5 Å². The number of benzene rings is 1. The summed E-state index contributed by atoms with van der Waals surface area (Å²) in [5.41, 5.74) is 4.53. The maximum absolute atomic E-state index is 12.7. The van der Waals surface area contributed by atoms with Gasteiger partial charge in [0, 0.05) is 33.1 Å². The number of hydrogen-bond donors (Lipinski definition) is 1. The van der Waals surface area contributed by atoms with Gasteiger partial charge in [-0.3, -0.25) is 9.48 Å². The van der Waals surface area contributed by atoms with E-state index < -0.39 is 0 Å². The van der Waals surface area contributed by atoms with Gasteiger partial charge in [-0.25, -0.2) is 4.79 Å². The number of nitrogens with zero attached hydrogens (tertiary/aromatic N) is 4. The van der Waals surface area contributed by atoms with Crippen LogP contribution < -0.4 is 5.32 Å². The molecule has 0 fully saturated rings. The number of carbonyl (C=O) groups excluding carboxylic acids is 2. The number of aryl methyl sites for hydroxylation is 2. The molecule has 1 aromatic carbocycles. The van der Waals surface area contributed by atoms with Crippen molar-refractivity contribution in [3.05, 3.63) is 52.8 Å². The molecule has 1 N–H and O–H groups in total. The Morgan fingerprint density at radius 2 is 2.00 bits per heavy atom.